The molecule has 0 atom stereocenters. The molecule has 10 nitrogen and oxygen atoms in total. The van der Waals surface area contributed by atoms with E-state index < -0.39 is 37.7 Å². The first-order valence-corrected chi connectivity index (χ1v) is 12.7. The third-order valence-electron chi connectivity index (χ3n) is 5.76. The highest BCUT2D eigenvalue weighted by Gasteiger charge is 2.46. The number of rotatable bonds is 8. The molecule has 2 N–H and O–H groups in total. The molecule has 0 unspecified atom stereocenters. The number of ether oxygens (including phenoxy) is 1. The van der Waals surface area contributed by atoms with Gasteiger partial charge in [-0.2, -0.15) is 13.2 Å². The van der Waals surface area contributed by atoms with E-state index in [1.165, 1.54) is 18.5 Å². The molecule has 0 aliphatic heterocycles. The molecular formula is C25H21F3N4O6S. The van der Waals surface area contributed by atoms with E-state index in [9.17, 15) is 36.3 Å². The Morgan fingerprint density at radius 1 is 1.08 bits per heavy atom. The molecule has 4 aromatic rings. The molecule has 0 radical (unpaired) electrons. The number of sulfone groups is 1. The highest BCUT2D eigenvalue weighted by molar-refractivity contribution is 7.92. The average molecular weight is 563 g/mol. The van der Waals surface area contributed by atoms with Gasteiger partial charge in [-0.1, -0.05) is 12.1 Å². The maximum Gasteiger partial charge on any atom is 0.501 e. The number of nitrogens with one attached hydrogen (secondary N) is 1. The van der Waals surface area contributed by atoms with E-state index in [0.29, 0.717) is 23.4 Å². The van der Waals surface area contributed by atoms with Gasteiger partial charge in [-0.3, -0.25) is 14.3 Å². The van der Waals surface area contributed by atoms with Crippen LogP contribution in [0.5, 0.6) is 11.6 Å². The van der Waals surface area contributed by atoms with Crippen LogP contribution < -0.4 is 15.7 Å². The van der Waals surface area contributed by atoms with Crippen molar-refractivity contribution in [3.05, 3.63) is 100 Å². The van der Waals surface area contributed by atoms with E-state index in [-0.39, 0.29) is 24.3 Å². The van der Waals surface area contributed by atoms with Crippen LogP contribution in [-0.4, -0.2) is 46.2 Å². The van der Waals surface area contributed by atoms with Crippen molar-refractivity contribution in [1.82, 2.24) is 19.4 Å². The average Bonchev–Trinajstić information content (AvgIpc) is 3.19. The topological polar surface area (TPSA) is 133 Å². The third kappa shape index (κ3) is 5.65. The van der Waals surface area contributed by atoms with E-state index >= 15 is 0 Å². The van der Waals surface area contributed by atoms with Gasteiger partial charge >= 0.3 is 11.2 Å². The van der Waals surface area contributed by atoms with Crippen molar-refractivity contribution in [2.24, 2.45) is 0 Å². The van der Waals surface area contributed by atoms with Crippen molar-refractivity contribution < 1.29 is 36.2 Å². The first kappa shape index (κ1) is 27.4. The van der Waals surface area contributed by atoms with Crippen molar-refractivity contribution in [3.8, 4) is 17.3 Å². The fourth-order valence-corrected chi connectivity index (χ4v) is 4.47. The number of pyridine rings is 1. The quantitative estimate of drug-likeness (QED) is 0.337. The lowest BCUT2D eigenvalue weighted by Crippen LogP contribution is -2.27. The molecule has 2 aromatic carbocycles. The van der Waals surface area contributed by atoms with Gasteiger partial charge in [-0.15, -0.1) is 0 Å². The zero-order chi connectivity index (χ0) is 28.4. The lowest BCUT2D eigenvalue weighted by Gasteiger charge is -2.11. The number of halogens is 3. The Morgan fingerprint density at radius 3 is 2.36 bits per heavy atom. The SMILES string of the molecule is COc1ccc(CNC(=O)c2cnccc2Cn2cc(O)n(-c3ccc(S(=O)(=O)C(F)(F)F)cc3)c2=O)cc1. The number of alkyl halides is 3. The van der Waals surface area contributed by atoms with Crippen LogP contribution in [0.2, 0.25) is 0 Å². The smallest absolute Gasteiger partial charge is 0.497 e. The summed E-state index contributed by atoms with van der Waals surface area (Å²) in [5, 5.41) is 13.1. The number of imidazole rings is 1. The Bertz CT molecular complexity index is 1660. The third-order valence-corrected chi connectivity index (χ3v) is 7.26. The summed E-state index contributed by atoms with van der Waals surface area (Å²) in [6.07, 6.45) is 3.85. The molecule has 0 spiro atoms. The highest BCUT2D eigenvalue weighted by Crippen LogP contribution is 2.30. The van der Waals surface area contributed by atoms with E-state index in [2.05, 4.69) is 10.3 Å². The summed E-state index contributed by atoms with van der Waals surface area (Å²) in [7, 11) is -4.03. The van der Waals surface area contributed by atoms with Gasteiger partial charge in [-0.05, 0) is 53.6 Å². The molecule has 1 amide bonds. The molecule has 0 saturated heterocycles. The van der Waals surface area contributed by atoms with Crippen molar-refractivity contribution in [1.29, 1.82) is 0 Å². The predicted octanol–water partition coefficient (Wildman–Crippen LogP) is 3.02. The fraction of sp³-hybridized carbons (Fsp3) is 0.160. The second-order valence-electron chi connectivity index (χ2n) is 8.24. The van der Waals surface area contributed by atoms with Crippen LogP contribution in [0.1, 0.15) is 21.5 Å². The summed E-state index contributed by atoms with van der Waals surface area (Å²) in [5.74, 6) is -0.333. The van der Waals surface area contributed by atoms with Crippen LogP contribution in [0.15, 0.2) is 82.9 Å². The number of methoxy groups -OCH3 is 1. The van der Waals surface area contributed by atoms with E-state index in [4.69, 9.17) is 4.74 Å². The van der Waals surface area contributed by atoms with Gasteiger partial charge in [-0.25, -0.2) is 17.8 Å². The van der Waals surface area contributed by atoms with Crippen LogP contribution >= 0.6 is 0 Å². The van der Waals surface area contributed by atoms with Crippen LogP contribution in [0.4, 0.5) is 13.2 Å². The minimum atomic E-state index is -5.57. The van der Waals surface area contributed by atoms with Gasteiger partial charge in [0.25, 0.3) is 15.7 Å². The number of carbonyl (C=O) groups excluding carboxylic acids is 1. The van der Waals surface area contributed by atoms with Gasteiger partial charge in [0.1, 0.15) is 5.75 Å². The zero-order valence-corrected chi connectivity index (χ0v) is 21.0. The predicted molar refractivity (Wildman–Crippen MR) is 132 cm³/mol. The van der Waals surface area contributed by atoms with E-state index in [1.807, 2.05) is 0 Å². The van der Waals surface area contributed by atoms with Crippen LogP contribution in [-0.2, 0) is 22.9 Å². The fourth-order valence-electron chi connectivity index (χ4n) is 3.71. The van der Waals surface area contributed by atoms with Gasteiger partial charge < -0.3 is 15.2 Å². The number of carbonyl (C=O) groups is 1. The molecule has 0 saturated carbocycles. The van der Waals surface area contributed by atoms with Crippen molar-refractivity contribution >= 4 is 15.7 Å². The Kier molecular flexibility index (Phi) is 7.49. The summed E-state index contributed by atoms with van der Waals surface area (Å²) < 4.78 is 68.6. The van der Waals surface area contributed by atoms with Crippen molar-refractivity contribution in [2.45, 2.75) is 23.5 Å². The normalized spacial score (nSPS) is 11.8. The molecule has 0 fully saturated rings. The number of aromatic nitrogens is 3. The number of aromatic hydroxyl groups is 1. The molecular weight excluding hydrogens is 541 g/mol. The molecule has 2 aromatic heterocycles. The molecule has 39 heavy (non-hydrogen) atoms. The number of nitrogens with zero attached hydrogens (tertiary/aromatic N) is 3. The summed E-state index contributed by atoms with van der Waals surface area (Å²) in [6.45, 7) is 0.0715. The molecule has 14 heteroatoms. The second kappa shape index (κ2) is 10.6. The zero-order valence-electron chi connectivity index (χ0n) is 20.2. The lowest BCUT2D eigenvalue weighted by molar-refractivity contribution is -0.0436. The molecule has 204 valence electrons. The number of amides is 1. The Morgan fingerprint density at radius 2 is 1.74 bits per heavy atom. The highest BCUT2D eigenvalue weighted by atomic mass is 32.2. The minimum Gasteiger partial charge on any atom is -0.497 e. The van der Waals surface area contributed by atoms with Gasteiger partial charge in [0, 0.05) is 18.9 Å². The Hall–Kier alpha value is -4.59. The summed E-state index contributed by atoms with van der Waals surface area (Å²) in [5.41, 5.74) is -4.92. The number of benzene rings is 2. The largest absolute Gasteiger partial charge is 0.501 e. The second-order valence-corrected chi connectivity index (χ2v) is 10.2. The first-order chi connectivity index (χ1) is 18.4. The number of hydrogen-bond donors (Lipinski definition) is 2. The van der Waals surface area contributed by atoms with E-state index in [1.54, 1.807) is 31.4 Å². The number of hydrogen-bond acceptors (Lipinski definition) is 7. The molecule has 4 rings (SSSR count). The first-order valence-electron chi connectivity index (χ1n) is 11.2. The molecule has 0 aliphatic rings. The minimum absolute atomic E-state index is 0.0652. The lowest BCUT2D eigenvalue weighted by atomic mass is 10.1. The maximum atomic E-state index is 13.0. The summed E-state index contributed by atoms with van der Waals surface area (Å²) in [6, 6.07) is 11.9. The van der Waals surface area contributed by atoms with E-state index in [0.717, 1.165) is 33.0 Å². The standard InChI is InChI=1S/C25H21F3N4O6S/c1-38-19-6-2-16(3-7-19)12-30-23(34)21-13-29-11-10-17(21)14-31-15-22(33)32(24(31)35)18-4-8-20(9-5-18)39(36,37)25(26,27)28/h2-11,13,15,33H,12,14H2,1H3,(H,30,34). The van der Waals surface area contributed by atoms with Gasteiger partial charge in [0.15, 0.2) is 0 Å². The van der Waals surface area contributed by atoms with Crippen LogP contribution in [0, 0.1) is 0 Å². The monoisotopic (exact) mass is 562 g/mol. The van der Waals surface area contributed by atoms with Crippen molar-refractivity contribution in [2.75, 3.05) is 7.11 Å². The van der Waals surface area contributed by atoms with Gasteiger partial charge in [0.2, 0.25) is 5.88 Å². The van der Waals surface area contributed by atoms with Gasteiger partial charge in [0.05, 0.1) is 36.0 Å². The molecule has 0 aliphatic carbocycles. The molecule has 0 bridgehead atoms. The molecule has 2 heterocycles. The summed E-state index contributed by atoms with van der Waals surface area (Å²) in [4.78, 5) is 28.9. The summed E-state index contributed by atoms with van der Waals surface area (Å²) >= 11 is 0. The Balaban J connectivity index is 1.55. The Labute approximate surface area is 219 Å². The maximum absolute atomic E-state index is 13.0. The van der Waals surface area contributed by atoms with Crippen molar-refractivity contribution in [3.63, 3.8) is 0 Å². The van der Waals surface area contributed by atoms with Crippen LogP contribution in [0.25, 0.3) is 5.69 Å². The van der Waals surface area contributed by atoms with Crippen LogP contribution in [0.3, 0.4) is 0 Å².